The Balaban J connectivity index is 1.44. The highest BCUT2D eigenvalue weighted by atomic mass is 35.5. The van der Waals surface area contributed by atoms with Crippen LogP contribution in [0, 0.1) is 0 Å². The van der Waals surface area contributed by atoms with Gasteiger partial charge in [0.15, 0.2) is 11.5 Å². The minimum absolute atomic E-state index is 0.162. The molecule has 8 nitrogen and oxygen atoms in total. The molecule has 38 heavy (non-hydrogen) atoms. The predicted octanol–water partition coefficient (Wildman–Crippen LogP) is 5.94. The van der Waals surface area contributed by atoms with Crippen molar-refractivity contribution in [1.82, 2.24) is 14.8 Å². The Morgan fingerprint density at radius 2 is 1.74 bits per heavy atom. The van der Waals surface area contributed by atoms with Gasteiger partial charge in [-0.3, -0.25) is 0 Å². The number of aromatic nitrogens is 3. The zero-order valence-electron chi connectivity index (χ0n) is 21.1. The molecule has 0 saturated carbocycles. The molecule has 1 atom stereocenters. The van der Waals surface area contributed by atoms with E-state index in [2.05, 4.69) is 15.4 Å². The average Bonchev–Trinajstić information content (AvgIpc) is 3.40. The highest BCUT2D eigenvalue weighted by Gasteiger charge is 2.35. The van der Waals surface area contributed by atoms with E-state index in [9.17, 15) is 4.79 Å². The Morgan fingerprint density at radius 1 is 0.974 bits per heavy atom. The summed E-state index contributed by atoms with van der Waals surface area (Å²) in [7, 11) is 0. The van der Waals surface area contributed by atoms with Gasteiger partial charge in [0.05, 0.1) is 12.2 Å². The van der Waals surface area contributed by atoms with E-state index >= 15 is 0 Å². The maximum absolute atomic E-state index is 13.4. The zero-order valence-corrected chi connectivity index (χ0v) is 21.8. The lowest BCUT2D eigenvalue weighted by atomic mass is 9.95. The molecular weight excluding hydrogens is 504 g/mol. The van der Waals surface area contributed by atoms with Gasteiger partial charge >= 0.3 is 5.97 Å². The minimum Gasteiger partial charge on any atom is -0.490 e. The molecule has 1 unspecified atom stereocenters. The van der Waals surface area contributed by atoms with Gasteiger partial charge in [0.1, 0.15) is 25.6 Å². The van der Waals surface area contributed by atoms with Crippen LogP contribution in [0.3, 0.4) is 0 Å². The number of carbonyl (C=O) groups is 1. The smallest absolute Gasteiger partial charge is 0.338 e. The Labute approximate surface area is 225 Å². The summed E-state index contributed by atoms with van der Waals surface area (Å²) < 4.78 is 19.4. The third kappa shape index (κ3) is 5.50. The predicted molar refractivity (Wildman–Crippen MR) is 144 cm³/mol. The van der Waals surface area contributed by atoms with Crippen molar-refractivity contribution in [3.05, 3.63) is 112 Å². The molecule has 5 rings (SSSR count). The Morgan fingerprint density at radius 3 is 2.50 bits per heavy atom. The largest absolute Gasteiger partial charge is 0.490 e. The Kier molecular flexibility index (Phi) is 7.60. The number of benzene rings is 3. The fraction of sp³-hybridized carbons (Fsp3) is 0.207. The van der Waals surface area contributed by atoms with Crippen LogP contribution < -0.4 is 14.8 Å². The van der Waals surface area contributed by atoms with Crippen LogP contribution in [0.15, 0.2) is 90.4 Å². The first-order chi connectivity index (χ1) is 18.5. The van der Waals surface area contributed by atoms with Crippen molar-refractivity contribution in [3.8, 4) is 11.5 Å². The first-order valence-electron chi connectivity index (χ1n) is 12.3. The topological polar surface area (TPSA) is 87.5 Å². The van der Waals surface area contributed by atoms with E-state index in [-0.39, 0.29) is 6.61 Å². The van der Waals surface area contributed by atoms with E-state index in [1.165, 1.54) is 6.33 Å². The molecule has 0 spiro atoms. The molecule has 3 aromatic carbocycles. The summed E-state index contributed by atoms with van der Waals surface area (Å²) in [5, 5.41) is 8.23. The first kappa shape index (κ1) is 25.4. The second-order valence-electron chi connectivity index (χ2n) is 8.71. The van der Waals surface area contributed by atoms with Gasteiger partial charge in [-0.1, -0.05) is 60.1 Å². The Bertz CT molecular complexity index is 1450. The maximum Gasteiger partial charge on any atom is 0.338 e. The summed E-state index contributed by atoms with van der Waals surface area (Å²) >= 11 is 6.00. The second kappa shape index (κ2) is 11.4. The molecule has 0 aliphatic carbocycles. The molecule has 2 heterocycles. The normalized spacial score (nSPS) is 14.4. The highest BCUT2D eigenvalue weighted by Crippen LogP contribution is 2.39. The molecule has 0 amide bonds. The van der Waals surface area contributed by atoms with Crippen LogP contribution in [0.2, 0.25) is 5.02 Å². The molecule has 9 heteroatoms. The van der Waals surface area contributed by atoms with Crippen LogP contribution in [0.5, 0.6) is 11.5 Å². The van der Waals surface area contributed by atoms with Crippen molar-refractivity contribution >= 4 is 23.5 Å². The molecule has 4 aromatic rings. The molecular formula is C29H27ClN4O4. The third-order valence-corrected chi connectivity index (χ3v) is 6.37. The Hall–Kier alpha value is -4.30. The number of ether oxygens (including phenoxy) is 3. The second-order valence-corrected chi connectivity index (χ2v) is 9.15. The lowest BCUT2D eigenvalue weighted by Crippen LogP contribution is -2.29. The van der Waals surface area contributed by atoms with E-state index < -0.39 is 12.0 Å². The van der Waals surface area contributed by atoms with Gasteiger partial charge in [-0.05, 0) is 54.8 Å². The number of fused-ring (bicyclic) bond motifs is 1. The van der Waals surface area contributed by atoms with Gasteiger partial charge in [-0.15, -0.1) is 0 Å². The average molecular weight is 531 g/mol. The van der Waals surface area contributed by atoms with E-state index in [1.807, 2.05) is 86.6 Å². The number of nitrogens with one attached hydrogen (secondary N) is 1. The van der Waals surface area contributed by atoms with E-state index in [0.29, 0.717) is 47.0 Å². The van der Waals surface area contributed by atoms with Gasteiger partial charge in [0.25, 0.3) is 0 Å². The van der Waals surface area contributed by atoms with E-state index in [1.54, 1.807) is 4.68 Å². The van der Waals surface area contributed by atoms with Crippen LogP contribution in [0.1, 0.15) is 36.6 Å². The number of allylic oxidation sites excluding steroid dienone is 1. The number of anilines is 1. The van der Waals surface area contributed by atoms with Crippen LogP contribution in [-0.4, -0.2) is 27.3 Å². The molecule has 0 fully saturated rings. The molecule has 1 aliphatic heterocycles. The summed E-state index contributed by atoms with van der Waals surface area (Å²) in [6, 6.07) is 22.1. The molecule has 0 saturated heterocycles. The molecule has 194 valence electrons. The molecule has 0 radical (unpaired) electrons. The van der Waals surface area contributed by atoms with Crippen LogP contribution in [0.25, 0.3) is 0 Å². The summed E-state index contributed by atoms with van der Waals surface area (Å²) in [5.74, 6) is 1.25. The quantitative estimate of drug-likeness (QED) is 0.268. The van der Waals surface area contributed by atoms with Crippen molar-refractivity contribution < 1.29 is 19.0 Å². The molecule has 0 bridgehead atoms. The number of hydrogen-bond acceptors (Lipinski definition) is 7. The third-order valence-electron chi connectivity index (χ3n) is 6.12. The van der Waals surface area contributed by atoms with Gasteiger partial charge < -0.3 is 19.5 Å². The van der Waals surface area contributed by atoms with Gasteiger partial charge in [-0.2, -0.15) is 10.1 Å². The van der Waals surface area contributed by atoms with Crippen molar-refractivity contribution in [1.29, 1.82) is 0 Å². The van der Waals surface area contributed by atoms with Crippen LogP contribution >= 0.6 is 11.6 Å². The molecule has 1 N–H and O–H groups in total. The maximum atomic E-state index is 13.4. The molecule has 1 aromatic heterocycles. The van der Waals surface area contributed by atoms with Crippen molar-refractivity contribution in [3.63, 3.8) is 0 Å². The number of nitrogens with zero attached hydrogens (tertiary/aromatic N) is 3. The van der Waals surface area contributed by atoms with E-state index in [0.717, 1.165) is 16.7 Å². The van der Waals surface area contributed by atoms with Crippen LogP contribution in [-0.2, 0) is 22.7 Å². The van der Waals surface area contributed by atoms with Crippen molar-refractivity contribution in [2.45, 2.75) is 33.1 Å². The van der Waals surface area contributed by atoms with Gasteiger partial charge in [0.2, 0.25) is 5.95 Å². The first-order valence-corrected chi connectivity index (χ1v) is 12.6. The van der Waals surface area contributed by atoms with Crippen molar-refractivity contribution in [2.75, 3.05) is 11.9 Å². The number of halogens is 1. The summed E-state index contributed by atoms with van der Waals surface area (Å²) in [6.07, 6.45) is 1.45. The van der Waals surface area contributed by atoms with Crippen molar-refractivity contribution in [2.24, 2.45) is 0 Å². The fourth-order valence-electron chi connectivity index (χ4n) is 4.29. The lowest BCUT2D eigenvalue weighted by molar-refractivity contribution is -0.140. The molecule has 1 aliphatic rings. The monoisotopic (exact) mass is 530 g/mol. The standard InChI is InChI=1S/C29H27ClN4O4/c1-3-36-25-15-22(11-14-24(25)37-16-21-9-12-23(30)13-10-21)27-26(19(2)33-29-31-18-32-34(27)29)28(35)38-17-20-7-5-4-6-8-20/h4-15,18,27H,3,16-17H2,1-2H3,(H,31,32,33). The highest BCUT2D eigenvalue weighted by molar-refractivity contribution is 6.30. The SMILES string of the molecule is CCOc1cc(C2C(C(=O)OCc3ccccc3)=C(C)Nc3ncnn32)ccc1OCc1ccc(Cl)cc1. The zero-order chi connectivity index (χ0) is 26.5. The minimum atomic E-state index is -0.568. The number of rotatable bonds is 9. The fourth-order valence-corrected chi connectivity index (χ4v) is 4.41. The van der Waals surface area contributed by atoms with Gasteiger partial charge in [-0.25, -0.2) is 9.48 Å². The number of carbonyl (C=O) groups excluding carboxylic acids is 1. The summed E-state index contributed by atoms with van der Waals surface area (Å²) in [5.41, 5.74) is 3.76. The summed E-state index contributed by atoms with van der Waals surface area (Å²) in [4.78, 5) is 17.7. The number of esters is 1. The van der Waals surface area contributed by atoms with Crippen LogP contribution in [0.4, 0.5) is 5.95 Å². The summed E-state index contributed by atoms with van der Waals surface area (Å²) in [6.45, 7) is 4.70. The number of hydrogen-bond donors (Lipinski definition) is 1. The lowest BCUT2D eigenvalue weighted by Gasteiger charge is -2.28. The van der Waals surface area contributed by atoms with Gasteiger partial charge in [0, 0.05) is 10.7 Å². The van der Waals surface area contributed by atoms with E-state index in [4.69, 9.17) is 25.8 Å².